The van der Waals surface area contributed by atoms with E-state index < -0.39 is 0 Å². The quantitative estimate of drug-likeness (QED) is 0.843. The van der Waals surface area contributed by atoms with Crippen LogP contribution < -0.4 is 5.32 Å². The summed E-state index contributed by atoms with van der Waals surface area (Å²) in [7, 11) is 0. The maximum atomic E-state index is 4.39. The summed E-state index contributed by atoms with van der Waals surface area (Å²) >= 11 is 0. The lowest BCUT2D eigenvalue weighted by Gasteiger charge is -2.25. The maximum Gasteiger partial charge on any atom is 0.0524 e. The molecule has 3 rings (SSSR count). The topological polar surface area (TPSA) is 46.0 Å². The molecule has 6 heteroatoms. The summed E-state index contributed by atoms with van der Waals surface area (Å²) < 4.78 is 2.09. The Morgan fingerprint density at radius 2 is 2.22 bits per heavy atom. The third kappa shape index (κ3) is 5.03. The first kappa shape index (κ1) is 17.9. The van der Waals surface area contributed by atoms with E-state index in [9.17, 15) is 0 Å². The van der Waals surface area contributed by atoms with E-state index in [4.69, 9.17) is 0 Å². The van der Waals surface area contributed by atoms with Gasteiger partial charge in [0.1, 0.15) is 0 Å². The van der Waals surface area contributed by atoms with Gasteiger partial charge in [0.2, 0.25) is 0 Å². The average Bonchev–Trinajstić information content (AvgIpc) is 3.20. The van der Waals surface area contributed by atoms with Gasteiger partial charge in [-0.1, -0.05) is 6.07 Å². The lowest BCUT2D eigenvalue weighted by Crippen LogP contribution is -2.30. The minimum Gasteiger partial charge on any atom is -0.316 e. The fourth-order valence-electron chi connectivity index (χ4n) is 3.18. The molecule has 2 aromatic heterocycles. The van der Waals surface area contributed by atoms with Gasteiger partial charge >= 0.3 is 0 Å². The van der Waals surface area contributed by atoms with Gasteiger partial charge in [-0.15, -0.1) is 12.4 Å². The summed E-state index contributed by atoms with van der Waals surface area (Å²) in [5, 5.41) is 7.86. The smallest absolute Gasteiger partial charge is 0.0524 e. The molecule has 1 saturated heterocycles. The van der Waals surface area contributed by atoms with E-state index in [1.54, 1.807) is 0 Å². The van der Waals surface area contributed by atoms with E-state index in [2.05, 4.69) is 44.0 Å². The standard InChI is InChI=1S/C17H25N5.ClH/c1-2-22-17(6-9-20-22)14-21(13-16-5-8-19-11-16)12-15-4-3-7-18-10-15;/h3-4,6-7,9-10,16,19H,2,5,8,11-14H2,1H3;1H. The highest BCUT2D eigenvalue weighted by atomic mass is 35.5. The molecule has 1 aliphatic heterocycles. The number of nitrogens with zero attached hydrogens (tertiary/aromatic N) is 4. The Hall–Kier alpha value is -1.43. The second-order valence-corrected chi connectivity index (χ2v) is 6.03. The van der Waals surface area contributed by atoms with Crippen LogP contribution in [0.25, 0.3) is 0 Å². The fraction of sp³-hybridized carbons (Fsp3) is 0.529. The molecule has 5 nitrogen and oxygen atoms in total. The van der Waals surface area contributed by atoms with Crippen molar-refractivity contribution in [2.75, 3.05) is 19.6 Å². The molecule has 0 radical (unpaired) electrons. The molecule has 0 aliphatic carbocycles. The molecule has 0 amide bonds. The van der Waals surface area contributed by atoms with Crippen LogP contribution in [0.5, 0.6) is 0 Å². The number of aromatic nitrogens is 3. The Bertz CT molecular complexity index is 565. The second-order valence-electron chi connectivity index (χ2n) is 6.03. The van der Waals surface area contributed by atoms with Crippen LogP contribution in [-0.2, 0) is 19.6 Å². The number of hydrogen-bond acceptors (Lipinski definition) is 4. The van der Waals surface area contributed by atoms with Crippen LogP contribution >= 0.6 is 12.4 Å². The molecule has 0 saturated carbocycles. The molecular formula is C17H26ClN5. The molecule has 0 spiro atoms. The minimum absolute atomic E-state index is 0. The van der Waals surface area contributed by atoms with Crippen molar-refractivity contribution >= 4 is 12.4 Å². The van der Waals surface area contributed by atoms with E-state index >= 15 is 0 Å². The summed E-state index contributed by atoms with van der Waals surface area (Å²) in [6, 6.07) is 6.30. The van der Waals surface area contributed by atoms with Crippen molar-refractivity contribution in [3.8, 4) is 0 Å². The Morgan fingerprint density at radius 3 is 2.91 bits per heavy atom. The number of pyridine rings is 1. The Balaban J connectivity index is 0.00000192. The van der Waals surface area contributed by atoms with Crippen molar-refractivity contribution in [2.24, 2.45) is 5.92 Å². The molecular weight excluding hydrogens is 310 g/mol. The molecule has 1 aliphatic rings. The van der Waals surface area contributed by atoms with Gasteiger partial charge in [-0.05, 0) is 50.0 Å². The highest BCUT2D eigenvalue weighted by molar-refractivity contribution is 5.85. The Kier molecular flexibility index (Phi) is 7.02. The zero-order valence-corrected chi connectivity index (χ0v) is 14.5. The molecule has 0 bridgehead atoms. The van der Waals surface area contributed by atoms with Crippen molar-refractivity contribution in [3.05, 3.63) is 48.0 Å². The van der Waals surface area contributed by atoms with Gasteiger partial charge in [0.25, 0.3) is 0 Å². The van der Waals surface area contributed by atoms with Crippen LogP contribution in [0.1, 0.15) is 24.6 Å². The zero-order chi connectivity index (χ0) is 15.2. The van der Waals surface area contributed by atoms with Gasteiger partial charge in [0.05, 0.1) is 5.69 Å². The van der Waals surface area contributed by atoms with E-state index in [1.165, 1.54) is 17.7 Å². The highest BCUT2D eigenvalue weighted by Gasteiger charge is 2.19. The second kappa shape index (κ2) is 9.01. The van der Waals surface area contributed by atoms with Crippen molar-refractivity contribution in [3.63, 3.8) is 0 Å². The third-order valence-corrected chi connectivity index (χ3v) is 4.30. The lowest BCUT2D eigenvalue weighted by molar-refractivity contribution is 0.214. The van der Waals surface area contributed by atoms with Gasteiger partial charge in [-0.2, -0.15) is 5.10 Å². The molecule has 1 unspecified atom stereocenters. The number of rotatable bonds is 7. The maximum absolute atomic E-state index is 4.39. The van der Waals surface area contributed by atoms with Crippen LogP contribution in [-0.4, -0.2) is 39.3 Å². The minimum atomic E-state index is 0. The van der Waals surface area contributed by atoms with Crippen molar-refractivity contribution < 1.29 is 0 Å². The summed E-state index contributed by atoms with van der Waals surface area (Å²) in [4.78, 5) is 6.77. The SMILES string of the molecule is CCn1nccc1CN(Cc1cccnc1)CC1CCNC1.Cl. The predicted molar refractivity (Wildman–Crippen MR) is 94.5 cm³/mol. The lowest BCUT2D eigenvalue weighted by atomic mass is 10.1. The zero-order valence-electron chi connectivity index (χ0n) is 13.7. The highest BCUT2D eigenvalue weighted by Crippen LogP contribution is 2.15. The average molecular weight is 336 g/mol. The molecule has 23 heavy (non-hydrogen) atoms. The first-order chi connectivity index (χ1) is 10.8. The molecule has 3 heterocycles. The van der Waals surface area contributed by atoms with Gasteiger partial charge < -0.3 is 5.32 Å². The fourth-order valence-corrected chi connectivity index (χ4v) is 3.18. The van der Waals surface area contributed by atoms with Gasteiger partial charge in [-0.3, -0.25) is 14.6 Å². The largest absolute Gasteiger partial charge is 0.316 e. The van der Waals surface area contributed by atoms with Gasteiger partial charge in [-0.25, -0.2) is 0 Å². The van der Waals surface area contributed by atoms with Gasteiger partial charge in [0, 0.05) is 44.8 Å². The summed E-state index contributed by atoms with van der Waals surface area (Å²) in [5.74, 6) is 0.745. The molecule has 1 fully saturated rings. The van der Waals surface area contributed by atoms with Crippen molar-refractivity contribution in [2.45, 2.75) is 33.0 Å². The van der Waals surface area contributed by atoms with Crippen molar-refractivity contribution in [1.29, 1.82) is 0 Å². The first-order valence-corrected chi connectivity index (χ1v) is 8.18. The Labute approximate surface area is 144 Å². The van der Waals surface area contributed by atoms with Crippen LogP contribution in [0.2, 0.25) is 0 Å². The van der Waals surface area contributed by atoms with E-state index in [1.807, 2.05) is 24.7 Å². The van der Waals surface area contributed by atoms with E-state index in [0.29, 0.717) is 0 Å². The van der Waals surface area contributed by atoms with Gasteiger partial charge in [0.15, 0.2) is 0 Å². The predicted octanol–water partition coefficient (Wildman–Crippen LogP) is 2.33. The van der Waals surface area contributed by atoms with Crippen LogP contribution in [0.4, 0.5) is 0 Å². The number of aryl methyl sites for hydroxylation is 1. The number of nitrogens with one attached hydrogen (secondary N) is 1. The summed E-state index contributed by atoms with van der Waals surface area (Å²) in [5.41, 5.74) is 2.56. The van der Waals surface area contributed by atoms with Crippen molar-refractivity contribution in [1.82, 2.24) is 25.0 Å². The summed E-state index contributed by atoms with van der Waals surface area (Å²) in [6.45, 7) is 8.36. The molecule has 126 valence electrons. The van der Waals surface area contributed by atoms with E-state index in [-0.39, 0.29) is 12.4 Å². The van der Waals surface area contributed by atoms with E-state index in [0.717, 1.165) is 45.2 Å². The Morgan fingerprint density at radius 1 is 1.30 bits per heavy atom. The van der Waals surface area contributed by atoms with Crippen LogP contribution in [0, 0.1) is 5.92 Å². The number of hydrogen-bond donors (Lipinski definition) is 1. The third-order valence-electron chi connectivity index (χ3n) is 4.30. The first-order valence-electron chi connectivity index (χ1n) is 8.18. The molecule has 2 aromatic rings. The van der Waals surface area contributed by atoms with Crippen LogP contribution in [0.3, 0.4) is 0 Å². The molecule has 1 atom stereocenters. The number of halogens is 1. The molecule has 0 aromatic carbocycles. The normalized spacial score (nSPS) is 17.4. The summed E-state index contributed by atoms with van der Waals surface area (Å²) in [6.07, 6.45) is 6.98. The molecule has 1 N–H and O–H groups in total. The van der Waals surface area contributed by atoms with Crippen LogP contribution in [0.15, 0.2) is 36.8 Å². The monoisotopic (exact) mass is 335 g/mol.